The molecule has 9 aromatic rings. The maximum absolute atomic E-state index is 6.54. The van der Waals surface area contributed by atoms with E-state index >= 15 is 0 Å². The number of aromatic nitrogens is 3. The zero-order valence-electron chi connectivity index (χ0n) is 26.5. The van der Waals surface area contributed by atoms with E-state index in [0.29, 0.717) is 11.6 Å². The number of fused-ring (bicyclic) bond motifs is 7. The monoisotopic (exact) mass is 627 g/mol. The molecule has 0 saturated heterocycles. The van der Waals surface area contributed by atoms with E-state index in [0.717, 1.165) is 56.4 Å². The Morgan fingerprint density at radius 2 is 1.22 bits per heavy atom. The third-order valence-corrected chi connectivity index (χ3v) is 9.84. The van der Waals surface area contributed by atoms with E-state index in [1.807, 2.05) is 30.3 Å². The largest absolute Gasteiger partial charge is 0.456 e. The van der Waals surface area contributed by atoms with Crippen molar-refractivity contribution in [3.63, 3.8) is 0 Å². The standard InChI is InChI=1S/C45H29N3O/c1-2-12-30(13-3-1)43-46-44(34-23-20-28-10-4-5-14-31(28)26-34)48-45(47-43)38-17-9-19-40-42(38)41-37(16-8-18-39(41)49-40)33-24-25-36-32(27-33)22-21-29-11-6-7-15-35(29)36/h1-25,27,34H,26H2. The number of rotatable bonds is 4. The van der Waals surface area contributed by atoms with Crippen LogP contribution in [0.2, 0.25) is 0 Å². The molecular weight excluding hydrogens is 599 g/mol. The Morgan fingerprint density at radius 1 is 0.510 bits per heavy atom. The number of hydrogen-bond acceptors (Lipinski definition) is 4. The summed E-state index contributed by atoms with van der Waals surface area (Å²) in [5, 5.41) is 7.03. The van der Waals surface area contributed by atoms with Crippen molar-refractivity contribution in [3.8, 4) is 33.9 Å². The molecule has 4 heteroatoms. The molecule has 0 N–H and O–H groups in total. The molecule has 0 saturated carbocycles. The quantitative estimate of drug-likeness (QED) is 0.182. The minimum Gasteiger partial charge on any atom is -0.456 e. The summed E-state index contributed by atoms with van der Waals surface area (Å²) < 4.78 is 6.54. The van der Waals surface area contributed by atoms with Crippen molar-refractivity contribution in [1.82, 2.24) is 15.0 Å². The molecule has 2 heterocycles. The van der Waals surface area contributed by atoms with Crippen LogP contribution in [-0.2, 0) is 6.42 Å². The van der Waals surface area contributed by atoms with Gasteiger partial charge in [-0.3, -0.25) is 0 Å². The predicted molar refractivity (Wildman–Crippen MR) is 200 cm³/mol. The Labute approximate surface area is 283 Å². The summed E-state index contributed by atoms with van der Waals surface area (Å²) >= 11 is 0. The van der Waals surface area contributed by atoms with Crippen LogP contribution in [-0.4, -0.2) is 15.0 Å². The fraction of sp³-hybridized carbons (Fsp3) is 0.0444. The van der Waals surface area contributed by atoms with Gasteiger partial charge in [0.25, 0.3) is 0 Å². The third-order valence-electron chi connectivity index (χ3n) is 9.84. The zero-order chi connectivity index (χ0) is 32.3. The second-order valence-electron chi connectivity index (χ2n) is 12.8. The van der Waals surface area contributed by atoms with Crippen LogP contribution in [0.25, 0.3) is 83.5 Å². The Bertz CT molecular complexity index is 2760. The molecule has 4 nitrogen and oxygen atoms in total. The van der Waals surface area contributed by atoms with Gasteiger partial charge in [0.2, 0.25) is 0 Å². The number of benzene rings is 7. The molecule has 7 aromatic carbocycles. The second kappa shape index (κ2) is 11.1. The van der Waals surface area contributed by atoms with Crippen molar-refractivity contribution in [3.05, 3.63) is 169 Å². The van der Waals surface area contributed by atoms with Gasteiger partial charge in [0.1, 0.15) is 17.0 Å². The maximum atomic E-state index is 6.54. The molecule has 10 rings (SSSR count). The minimum absolute atomic E-state index is 0.0312. The van der Waals surface area contributed by atoms with Crippen molar-refractivity contribution in [2.75, 3.05) is 0 Å². The fourth-order valence-corrected chi connectivity index (χ4v) is 7.45. The summed E-state index contributed by atoms with van der Waals surface area (Å²) in [6, 6.07) is 51.0. The SMILES string of the molecule is C1=CC(c2nc(-c3ccccc3)nc(-c3cccc4oc5cccc(-c6ccc7c(ccc8ccccc87)c6)c5c34)n2)Cc2ccccc21. The van der Waals surface area contributed by atoms with Gasteiger partial charge in [-0.25, -0.2) is 15.0 Å². The van der Waals surface area contributed by atoms with E-state index in [2.05, 4.69) is 127 Å². The van der Waals surface area contributed by atoms with Crippen LogP contribution in [0.5, 0.6) is 0 Å². The van der Waals surface area contributed by atoms with Gasteiger partial charge in [0, 0.05) is 27.8 Å². The van der Waals surface area contributed by atoms with E-state index < -0.39 is 0 Å². The molecule has 0 spiro atoms. The average molecular weight is 628 g/mol. The van der Waals surface area contributed by atoms with Crippen LogP contribution in [0.3, 0.4) is 0 Å². The zero-order valence-corrected chi connectivity index (χ0v) is 26.5. The molecule has 0 bridgehead atoms. The molecule has 1 unspecified atom stereocenters. The van der Waals surface area contributed by atoms with Crippen LogP contribution in [0.15, 0.2) is 156 Å². The minimum atomic E-state index is 0.0312. The van der Waals surface area contributed by atoms with Crippen LogP contribution in [0.1, 0.15) is 22.9 Å². The number of hydrogen-bond donors (Lipinski definition) is 0. The molecule has 0 amide bonds. The number of furan rings is 1. The van der Waals surface area contributed by atoms with Crippen LogP contribution in [0.4, 0.5) is 0 Å². The van der Waals surface area contributed by atoms with Crippen molar-refractivity contribution in [2.24, 2.45) is 0 Å². The van der Waals surface area contributed by atoms with Crippen molar-refractivity contribution >= 4 is 49.6 Å². The first kappa shape index (κ1) is 27.7. The molecular formula is C45H29N3O. The number of allylic oxidation sites excluding steroid dienone is 1. The molecule has 230 valence electrons. The molecule has 1 aliphatic carbocycles. The second-order valence-corrected chi connectivity index (χ2v) is 12.8. The lowest BCUT2D eigenvalue weighted by molar-refractivity contribution is 0.669. The molecule has 2 aromatic heterocycles. The Balaban J connectivity index is 1.18. The molecule has 49 heavy (non-hydrogen) atoms. The van der Waals surface area contributed by atoms with E-state index in [1.54, 1.807) is 0 Å². The lowest BCUT2D eigenvalue weighted by Gasteiger charge is -2.19. The third kappa shape index (κ3) is 4.64. The summed E-state index contributed by atoms with van der Waals surface area (Å²) in [6.45, 7) is 0. The Hall–Kier alpha value is -6.39. The smallest absolute Gasteiger partial charge is 0.164 e. The van der Waals surface area contributed by atoms with E-state index in [-0.39, 0.29) is 5.92 Å². The van der Waals surface area contributed by atoms with Gasteiger partial charge in [-0.1, -0.05) is 140 Å². The lowest BCUT2D eigenvalue weighted by Crippen LogP contribution is -2.12. The lowest BCUT2D eigenvalue weighted by atomic mass is 9.89. The van der Waals surface area contributed by atoms with Crippen molar-refractivity contribution < 1.29 is 4.42 Å². The van der Waals surface area contributed by atoms with Gasteiger partial charge in [-0.2, -0.15) is 0 Å². The highest BCUT2D eigenvalue weighted by atomic mass is 16.3. The van der Waals surface area contributed by atoms with Crippen molar-refractivity contribution in [1.29, 1.82) is 0 Å². The van der Waals surface area contributed by atoms with Gasteiger partial charge >= 0.3 is 0 Å². The van der Waals surface area contributed by atoms with Crippen molar-refractivity contribution in [2.45, 2.75) is 12.3 Å². The van der Waals surface area contributed by atoms with Crippen LogP contribution in [0, 0.1) is 0 Å². The van der Waals surface area contributed by atoms with Crippen LogP contribution >= 0.6 is 0 Å². The van der Waals surface area contributed by atoms with Gasteiger partial charge in [0.05, 0.1) is 0 Å². The molecule has 1 aliphatic rings. The first-order valence-electron chi connectivity index (χ1n) is 16.7. The van der Waals surface area contributed by atoms with Gasteiger partial charge < -0.3 is 4.42 Å². The summed E-state index contributed by atoms with van der Waals surface area (Å²) in [4.78, 5) is 15.4. The fourth-order valence-electron chi connectivity index (χ4n) is 7.45. The normalized spacial score (nSPS) is 14.2. The highest BCUT2D eigenvalue weighted by Gasteiger charge is 2.23. The number of nitrogens with zero attached hydrogens (tertiary/aromatic N) is 3. The molecule has 0 fully saturated rings. The van der Waals surface area contributed by atoms with Gasteiger partial charge in [-0.15, -0.1) is 0 Å². The van der Waals surface area contributed by atoms with Gasteiger partial charge in [-0.05, 0) is 68.4 Å². The summed E-state index contributed by atoms with van der Waals surface area (Å²) in [7, 11) is 0. The van der Waals surface area contributed by atoms with Crippen LogP contribution < -0.4 is 0 Å². The van der Waals surface area contributed by atoms with E-state index in [1.165, 1.54) is 32.7 Å². The first-order valence-corrected chi connectivity index (χ1v) is 16.7. The molecule has 1 atom stereocenters. The first-order chi connectivity index (χ1) is 24.3. The predicted octanol–water partition coefficient (Wildman–Crippen LogP) is 11.4. The van der Waals surface area contributed by atoms with Gasteiger partial charge in [0.15, 0.2) is 11.6 Å². The topological polar surface area (TPSA) is 51.8 Å². The Morgan fingerprint density at radius 3 is 2.12 bits per heavy atom. The highest BCUT2D eigenvalue weighted by molar-refractivity contribution is 6.18. The summed E-state index contributed by atoms with van der Waals surface area (Å²) in [5.41, 5.74) is 8.33. The highest BCUT2D eigenvalue weighted by Crippen LogP contribution is 2.42. The molecule has 0 radical (unpaired) electrons. The molecule has 0 aliphatic heterocycles. The maximum Gasteiger partial charge on any atom is 0.164 e. The van der Waals surface area contributed by atoms with E-state index in [4.69, 9.17) is 19.4 Å². The average Bonchev–Trinajstić information content (AvgIpc) is 3.57. The Kier molecular flexibility index (Phi) is 6.28. The summed E-state index contributed by atoms with van der Waals surface area (Å²) in [6.07, 6.45) is 5.26. The van der Waals surface area contributed by atoms with E-state index in [9.17, 15) is 0 Å². The summed E-state index contributed by atoms with van der Waals surface area (Å²) in [5.74, 6) is 2.11.